The number of halogens is 6. The van der Waals surface area contributed by atoms with Crippen LogP contribution in [-0.2, 0) is 6.42 Å². The zero-order chi connectivity index (χ0) is 24.1. The first-order valence-corrected chi connectivity index (χ1v) is 10.8. The quantitative estimate of drug-likeness (QED) is 0.519. The summed E-state index contributed by atoms with van der Waals surface area (Å²) in [6.07, 6.45) is -9.46. The van der Waals surface area contributed by atoms with E-state index in [1.165, 1.54) is 6.08 Å². The summed E-state index contributed by atoms with van der Waals surface area (Å²) in [6, 6.07) is 3.17. The number of allylic oxidation sites excluding steroid dienone is 3. The highest BCUT2D eigenvalue weighted by atomic mass is 32.1. The molecule has 0 fully saturated rings. The lowest BCUT2D eigenvalue weighted by Crippen LogP contribution is -2.61. The smallest absolute Gasteiger partial charge is 0.384 e. The Labute approximate surface area is 185 Å². The first-order chi connectivity index (χ1) is 14.9. The van der Waals surface area contributed by atoms with Crippen LogP contribution < -0.4 is 10.6 Å². The molecule has 0 spiro atoms. The van der Waals surface area contributed by atoms with Crippen molar-refractivity contribution >= 4 is 16.3 Å². The molecular formula is C21H20F6N4S. The molecule has 0 saturated heterocycles. The zero-order valence-corrected chi connectivity index (χ0v) is 18.1. The maximum absolute atomic E-state index is 14.3. The average molecular weight is 474 g/mol. The minimum Gasteiger partial charge on any atom is -0.384 e. The summed E-state index contributed by atoms with van der Waals surface area (Å²) in [5, 5.41) is 19.5. The molecule has 4 nitrogen and oxygen atoms in total. The summed E-state index contributed by atoms with van der Waals surface area (Å²) in [5.74, 6) is -3.03. The second kappa shape index (κ2) is 8.04. The molecule has 0 aromatic carbocycles. The van der Waals surface area contributed by atoms with E-state index in [0.29, 0.717) is 23.3 Å². The zero-order valence-electron chi connectivity index (χ0n) is 17.3. The summed E-state index contributed by atoms with van der Waals surface area (Å²) < 4.78 is 86.1. The SMILES string of the molecule is CCc1c(C)sc(N2C3=CCCCC[C@@H]3C(C(F)(F)F)(C(F)(F)F)C(C#N)=C2N)c1C#N. The number of nitriles is 2. The predicted molar refractivity (Wildman–Crippen MR) is 107 cm³/mol. The molecule has 0 saturated carbocycles. The monoisotopic (exact) mass is 474 g/mol. The summed E-state index contributed by atoms with van der Waals surface area (Å²) in [5.41, 5.74) is 0.499. The number of rotatable bonds is 2. The van der Waals surface area contributed by atoms with Crippen LogP contribution in [0.5, 0.6) is 0 Å². The average Bonchev–Trinajstić information content (AvgIpc) is 2.84. The first kappa shape index (κ1) is 24.0. The van der Waals surface area contributed by atoms with E-state index in [-0.39, 0.29) is 29.1 Å². The van der Waals surface area contributed by atoms with Gasteiger partial charge in [0.2, 0.25) is 5.41 Å². The van der Waals surface area contributed by atoms with Gasteiger partial charge in [0.25, 0.3) is 0 Å². The topological polar surface area (TPSA) is 76.8 Å². The highest BCUT2D eigenvalue weighted by Crippen LogP contribution is 2.65. The van der Waals surface area contributed by atoms with Crippen molar-refractivity contribution in [3.05, 3.63) is 39.2 Å². The van der Waals surface area contributed by atoms with E-state index in [4.69, 9.17) is 5.73 Å². The van der Waals surface area contributed by atoms with Crippen LogP contribution in [0.15, 0.2) is 23.2 Å². The van der Waals surface area contributed by atoms with Crippen LogP contribution in [0.4, 0.5) is 31.3 Å². The Morgan fingerprint density at radius 2 is 1.78 bits per heavy atom. The van der Waals surface area contributed by atoms with Gasteiger partial charge >= 0.3 is 12.4 Å². The van der Waals surface area contributed by atoms with E-state index in [0.717, 1.165) is 22.3 Å². The van der Waals surface area contributed by atoms with Crippen LogP contribution in [0.2, 0.25) is 0 Å². The van der Waals surface area contributed by atoms with Crippen molar-refractivity contribution in [1.29, 1.82) is 10.5 Å². The molecule has 11 heteroatoms. The Morgan fingerprint density at radius 1 is 1.16 bits per heavy atom. The Kier molecular flexibility index (Phi) is 6.03. The van der Waals surface area contributed by atoms with Crippen molar-refractivity contribution in [2.75, 3.05) is 4.90 Å². The van der Waals surface area contributed by atoms with Crippen LogP contribution in [0, 0.1) is 40.9 Å². The minimum absolute atomic E-state index is 0.125. The minimum atomic E-state index is -5.81. The van der Waals surface area contributed by atoms with E-state index in [1.54, 1.807) is 13.8 Å². The molecule has 0 bridgehead atoms. The second-order valence-corrected chi connectivity index (χ2v) is 8.96. The number of anilines is 1. The molecule has 1 aliphatic carbocycles. The summed E-state index contributed by atoms with van der Waals surface area (Å²) in [7, 11) is 0. The van der Waals surface area contributed by atoms with Gasteiger partial charge < -0.3 is 5.73 Å². The number of nitrogens with two attached hydrogens (primary N) is 1. The van der Waals surface area contributed by atoms with Crippen molar-refractivity contribution in [2.24, 2.45) is 17.1 Å². The van der Waals surface area contributed by atoms with Crippen molar-refractivity contribution < 1.29 is 26.3 Å². The molecule has 1 aliphatic heterocycles. The Morgan fingerprint density at radius 3 is 2.28 bits per heavy atom. The molecule has 32 heavy (non-hydrogen) atoms. The van der Waals surface area contributed by atoms with Crippen molar-refractivity contribution in [3.63, 3.8) is 0 Å². The van der Waals surface area contributed by atoms with E-state index < -0.39 is 41.5 Å². The lowest BCUT2D eigenvalue weighted by molar-refractivity contribution is -0.339. The molecule has 1 aromatic rings. The number of alkyl halides is 6. The number of hydrogen-bond donors (Lipinski definition) is 1. The van der Waals surface area contributed by atoms with E-state index in [9.17, 15) is 36.9 Å². The number of nitrogens with zero attached hydrogens (tertiary/aromatic N) is 3. The standard InChI is InChI=1S/C21H20F6N4S/c1-3-12-11(2)32-18(13(12)9-28)31-16-8-6-4-5-7-14(16)19(20(22,23)24,21(25,26)27)15(10-29)17(31)30/h8,14H,3-7,30H2,1-2H3/t14-/m0/s1. The van der Waals surface area contributed by atoms with Gasteiger partial charge in [0.15, 0.2) is 0 Å². The molecule has 3 rings (SSSR count). The first-order valence-electron chi connectivity index (χ1n) is 9.94. The molecule has 1 aromatic heterocycles. The third-order valence-corrected chi connectivity index (χ3v) is 7.33. The fourth-order valence-corrected chi connectivity index (χ4v) is 6.04. The lowest BCUT2D eigenvalue weighted by atomic mass is 9.63. The Bertz CT molecular complexity index is 1050. The number of aryl methyl sites for hydroxylation is 1. The van der Waals surface area contributed by atoms with Gasteiger partial charge in [0.1, 0.15) is 16.9 Å². The van der Waals surface area contributed by atoms with E-state index in [2.05, 4.69) is 0 Å². The summed E-state index contributed by atoms with van der Waals surface area (Å²) >= 11 is 1.07. The second-order valence-electron chi connectivity index (χ2n) is 7.76. The van der Waals surface area contributed by atoms with Crippen molar-refractivity contribution in [3.8, 4) is 12.1 Å². The fourth-order valence-electron chi connectivity index (χ4n) is 4.82. The maximum atomic E-state index is 14.3. The molecule has 2 heterocycles. The highest BCUT2D eigenvalue weighted by molar-refractivity contribution is 7.16. The van der Waals surface area contributed by atoms with E-state index >= 15 is 0 Å². The Balaban J connectivity index is 2.48. The van der Waals surface area contributed by atoms with Gasteiger partial charge in [-0.15, -0.1) is 11.3 Å². The van der Waals surface area contributed by atoms with Gasteiger partial charge in [-0.25, -0.2) is 0 Å². The predicted octanol–water partition coefficient (Wildman–Crippen LogP) is 6.19. The van der Waals surface area contributed by atoms with Gasteiger partial charge in [-0.2, -0.15) is 36.9 Å². The third kappa shape index (κ3) is 3.17. The van der Waals surface area contributed by atoms with Crippen LogP contribution in [0.25, 0.3) is 0 Å². The van der Waals surface area contributed by atoms with Crippen molar-refractivity contribution in [1.82, 2.24) is 0 Å². The van der Waals surface area contributed by atoms with Gasteiger partial charge in [-0.1, -0.05) is 19.4 Å². The molecular weight excluding hydrogens is 454 g/mol. The van der Waals surface area contributed by atoms with Gasteiger partial charge in [-0.05, 0) is 38.2 Å². The number of fused-ring (bicyclic) bond motifs is 1. The van der Waals surface area contributed by atoms with Gasteiger partial charge in [0, 0.05) is 16.5 Å². The number of thiophene rings is 1. The Hall–Kier alpha value is -2.66. The highest BCUT2D eigenvalue weighted by Gasteiger charge is 2.78. The van der Waals surface area contributed by atoms with E-state index in [1.807, 2.05) is 6.07 Å². The molecule has 172 valence electrons. The van der Waals surface area contributed by atoms with Crippen LogP contribution in [0.1, 0.15) is 48.6 Å². The maximum Gasteiger partial charge on any atom is 0.408 e. The van der Waals surface area contributed by atoms with Crippen LogP contribution >= 0.6 is 11.3 Å². The molecule has 0 amide bonds. The van der Waals surface area contributed by atoms with Crippen LogP contribution in [-0.4, -0.2) is 12.4 Å². The number of hydrogen-bond acceptors (Lipinski definition) is 5. The molecule has 2 N–H and O–H groups in total. The normalized spacial score (nSPS) is 21.4. The molecule has 0 unspecified atom stereocenters. The fraction of sp³-hybridized carbons (Fsp3) is 0.524. The largest absolute Gasteiger partial charge is 0.408 e. The van der Waals surface area contributed by atoms with Crippen molar-refractivity contribution in [2.45, 2.75) is 58.3 Å². The third-order valence-electron chi connectivity index (χ3n) is 6.19. The van der Waals surface area contributed by atoms with Gasteiger partial charge in [-0.3, -0.25) is 4.90 Å². The summed E-state index contributed by atoms with van der Waals surface area (Å²) in [6.45, 7) is 3.51. The van der Waals surface area contributed by atoms with Gasteiger partial charge in [0.05, 0.1) is 17.2 Å². The molecule has 1 atom stereocenters. The van der Waals surface area contributed by atoms with Crippen LogP contribution in [0.3, 0.4) is 0 Å². The lowest BCUT2D eigenvalue weighted by Gasteiger charge is -2.49. The molecule has 0 radical (unpaired) electrons. The summed E-state index contributed by atoms with van der Waals surface area (Å²) in [4.78, 5) is 1.79. The molecule has 2 aliphatic rings.